The van der Waals surface area contributed by atoms with Crippen LogP contribution in [-0.2, 0) is 0 Å². The summed E-state index contributed by atoms with van der Waals surface area (Å²) in [6, 6.07) is 0. The number of nitrogens with one attached hydrogen (secondary N) is 3. The van der Waals surface area contributed by atoms with Gasteiger partial charge >= 0.3 is 0 Å². The molecule has 0 amide bonds. The lowest BCUT2D eigenvalue weighted by Gasteiger charge is -2.12. The van der Waals surface area contributed by atoms with Crippen LogP contribution in [0.1, 0.15) is 0 Å². The first-order valence-electron chi connectivity index (χ1n) is 1.99. The molecule has 0 spiro atoms. The lowest BCUT2D eigenvalue weighted by atomic mass is 10.8. The van der Waals surface area contributed by atoms with Crippen molar-refractivity contribution in [1.29, 1.82) is 0 Å². The first-order valence-corrected chi connectivity index (χ1v) is 1.99. The van der Waals surface area contributed by atoms with Crippen LogP contribution in [0, 0.1) is 6.67 Å². The molecule has 1 saturated heterocycles. The minimum absolute atomic E-state index is 0.882. The van der Waals surface area contributed by atoms with E-state index >= 15 is 0 Å². The van der Waals surface area contributed by atoms with Crippen molar-refractivity contribution in [2.24, 2.45) is 0 Å². The highest BCUT2D eigenvalue weighted by Gasteiger charge is 1.90. The summed E-state index contributed by atoms with van der Waals surface area (Å²) in [5.41, 5.74) is 0. The summed E-state index contributed by atoms with van der Waals surface area (Å²) in [5, 5.41) is 8.91. The lowest BCUT2D eigenvalue weighted by molar-refractivity contribution is 0.500. The average molecular weight is 86.1 g/mol. The molecule has 0 atom stereocenters. The third-order valence-corrected chi connectivity index (χ3v) is 0.658. The molecule has 1 aliphatic rings. The van der Waals surface area contributed by atoms with Gasteiger partial charge in [0.05, 0.1) is 6.67 Å². The van der Waals surface area contributed by atoms with Gasteiger partial charge in [-0.3, -0.25) is 16.0 Å². The first-order chi connectivity index (χ1) is 3.00. The fraction of sp³-hybridized carbons (Fsp3) is 0.667. The van der Waals surface area contributed by atoms with E-state index in [1.165, 1.54) is 0 Å². The molecular formula is C3H8N3. The maximum atomic E-state index is 3.03. The maximum Gasteiger partial charge on any atom is 0.0886 e. The van der Waals surface area contributed by atoms with E-state index in [4.69, 9.17) is 0 Å². The summed E-state index contributed by atoms with van der Waals surface area (Å²) in [6.45, 7) is 3.59. The molecule has 1 radical (unpaired) electrons. The standard InChI is InChI=1S/C3H8N3/c1-4-2-6-3-5-1/h1,4-6H,2-3H2. The molecule has 0 aliphatic carbocycles. The molecule has 0 aromatic carbocycles. The van der Waals surface area contributed by atoms with Crippen LogP contribution >= 0.6 is 0 Å². The fourth-order valence-corrected chi connectivity index (χ4v) is 0.381. The molecular weight excluding hydrogens is 78.1 g/mol. The van der Waals surface area contributed by atoms with Crippen LogP contribution in [0.15, 0.2) is 0 Å². The molecule has 3 nitrogen and oxygen atoms in total. The lowest BCUT2D eigenvalue weighted by Crippen LogP contribution is -2.43. The molecule has 0 unspecified atom stereocenters. The minimum atomic E-state index is 0.882. The van der Waals surface area contributed by atoms with Crippen molar-refractivity contribution in [3.8, 4) is 0 Å². The van der Waals surface area contributed by atoms with Crippen molar-refractivity contribution in [3.05, 3.63) is 6.67 Å². The first kappa shape index (κ1) is 4.05. The maximum absolute atomic E-state index is 3.03. The zero-order chi connectivity index (χ0) is 4.24. The van der Waals surface area contributed by atoms with Gasteiger partial charge in [0.1, 0.15) is 0 Å². The van der Waals surface area contributed by atoms with Gasteiger partial charge in [-0.05, 0) is 0 Å². The second-order valence-corrected chi connectivity index (χ2v) is 1.16. The van der Waals surface area contributed by atoms with Gasteiger partial charge < -0.3 is 0 Å². The summed E-state index contributed by atoms with van der Waals surface area (Å²) in [6.07, 6.45) is 0. The highest BCUT2D eigenvalue weighted by Crippen LogP contribution is 1.62. The Kier molecular flexibility index (Phi) is 1.43. The summed E-state index contributed by atoms with van der Waals surface area (Å²) < 4.78 is 0. The van der Waals surface area contributed by atoms with Gasteiger partial charge in [-0.25, -0.2) is 0 Å². The SMILES string of the molecule is [CH]1NCNCN1. The van der Waals surface area contributed by atoms with Crippen molar-refractivity contribution in [1.82, 2.24) is 16.0 Å². The molecule has 1 fully saturated rings. The van der Waals surface area contributed by atoms with Crippen molar-refractivity contribution < 1.29 is 0 Å². The Balaban J connectivity index is 2.00. The largest absolute Gasteiger partial charge is 0.292 e. The predicted molar refractivity (Wildman–Crippen MR) is 23.4 cm³/mol. The van der Waals surface area contributed by atoms with E-state index in [0.29, 0.717) is 0 Å². The Morgan fingerprint density at radius 3 is 2.00 bits per heavy atom. The number of rotatable bonds is 0. The summed E-state index contributed by atoms with van der Waals surface area (Å²) in [7, 11) is 0. The summed E-state index contributed by atoms with van der Waals surface area (Å²) in [5.74, 6) is 0. The van der Waals surface area contributed by atoms with E-state index in [-0.39, 0.29) is 0 Å². The second-order valence-electron chi connectivity index (χ2n) is 1.16. The van der Waals surface area contributed by atoms with Crippen LogP contribution < -0.4 is 16.0 Å². The van der Waals surface area contributed by atoms with Gasteiger partial charge in [0.25, 0.3) is 0 Å². The fourth-order valence-electron chi connectivity index (χ4n) is 0.381. The second kappa shape index (κ2) is 2.12. The normalized spacial score (nSPS) is 24.0. The van der Waals surface area contributed by atoms with E-state index in [1.54, 1.807) is 0 Å². The molecule has 0 bridgehead atoms. The van der Waals surface area contributed by atoms with Gasteiger partial charge in [-0.1, -0.05) is 0 Å². The van der Waals surface area contributed by atoms with E-state index in [0.717, 1.165) is 13.3 Å². The van der Waals surface area contributed by atoms with Gasteiger partial charge in [0.2, 0.25) is 0 Å². The molecule has 3 N–H and O–H groups in total. The highest BCUT2D eigenvalue weighted by molar-refractivity contribution is 4.61. The van der Waals surface area contributed by atoms with E-state index < -0.39 is 0 Å². The van der Waals surface area contributed by atoms with Gasteiger partial charge in [0, 0.05) is 13.3 Å². The van der Waals surface area contributed by atoms with Crippen LogP contribution in [0.3, 0.4) is 0 Å². The smallest absolute Gasteiger partial charge is 0.0886 e. The third-order valence-electron chi connectivity index (χ3n) is 0.658. The molecule has 0 aromatic rings. The molecule has 0 saturated carbocycles. The zero-order valence-corrected chi connectivity index (χ0v) is 3.49. The van der Waals surface area contributed by atoms with Gasteiger partial charge in [-0.15, -0.1) is 0 Å². The van der Waals surface area contributed by atoms with Crippen LogP contribution in [0.2, 0.25) is 0 Å². The van der Waals surface area contributed by atoms with Crippen molar-refractivity contribution >= 4 is 0 Å². The molecule has 1 aliphatic heterocycles. The molecule has 1 heterocycles. The molecule has 6 heavy (non-hydrogen) atoms. The molecule has 0 aromatic heterocycles. The van der Waals surface area contributed by atoms with Crippen LogP contribution in [0.4, 0.5) is 0 Å². The number of hydrogen-bond donors (Lipinski definition) is 3. The van der Waals surface area contributed by atoms with E-state index in [1.807, 2.05) is 6.67 Å². The average Bonchev–Trinajstić information content (AvgIpc) is 1.72. The highest BCUT2D eigenvalue weighted by atomic mass is 15.2. The monoisotopic (exact) mass is 86.1 g/mol. The Morgan fingerprint density at radius 1 is 1.17 bits per heavy atom. The Bertz CT molecular complexity index is 21.5. The van der Waals surface area contributed by atoms with E-state index in [9.17, 15) is 0 Å². The molecule has 1 rings (SSSR count). The zero-order valence-electron chi connectivity index (χ0n) is 3.49. The Hall–Kier alpha value is -0.120. The quantitative estimate of drug-likeness (QED) is 0.346. The number of hydrogen-bond acceptors (Lipinski definition) is 3. The summed E-state index contributed by atoms with van der Waals surface area (Å²) in [4.78, 5) is 0. The Labute approximate surface area is 37.1 Å². The molecule has 3 heteroatoms. The van der Waals surface area contributed by atoms with E-state index in [2.05, 4.69) is 16.0 Å². The summed E-state index contributed by atoms with van der Waals surface area (Å²) >= 11 is 0. The third kappa shape index (κ3) is 0.931. The van der Waals surface area contributed by atoms with Crippen molar-refractivity contribution in [2.75, 3.05) is 13.3 Å². The molecule has 35 valence electrons. The minimum Gasteiger partial charge on any atom is -0.292 e. The van der Waals surface area contributed by atoms with Crippen molar-refractivity contribution in [3.63, 3.8) is 0 Å². The van der Waals surface area contributed by atoms with Crippen LogP contribution in [-0.4, -0.2) is 13.3 Å². The Morgan fingerprint density at radius 2 is 1.83 bits per heavy atom. The van der Waals surface area contributed by atoms with Crippen LogP contribution in [0.25, 0.3) is 0 Å². The predicted octanol–water partition coefficient (Wildman–Crippen LogP) is -1.20. The van der Waals surface area contributed by atoms with Crippen LogP contribution in [0.5, 0.6) is 0 Å². The topological polar surface area (TPSA) is 36.1 Å². The van der Waals surface area contributed by atoms with Gasteiger partial charge in [0.15, 0.2) is 0 Å². The van der Waals surface area contributed by atoms with Gasteiger partial charge in [-0.2, -0.15) is 0 Å². The van der Waals surface area contributed by atoms with Crippen molar-refractivity contribution in [2.45, 2.75) is 0 Å².